The van der Waals surface area contributed by atoms with Gasteiger partial charge in [-0.05, 0) is 39.1 Å². The van der Waals surface area contributed by atoms with Crippen molar-refractivity contribution >= 4 is 28.3 Å². The molecule has 0 N–H and O–H groups in total. The molecular formula is C21H27ClN2O2. The van der Waals surface area contributed by atoms with Gasteiger partial charge in [0.1, 0.15) is 5.75 Å². The van der Waals surface area contributed by atoms with Crippen molar-refractivity contribution in [2.24, 2.45) is 0 Å². The zero-order valence-electron chi connectivity index (χ0n) is 15.7. The summed E-state index contributed by atoms with van der Waals surface area (Å²) in [5, 5.41) is 2.55. The highest BCUT2D eigenvalue weighted by molar-refractivity contribution is 6.35. The number of amides is 1. The van der Waals surface area contributed by atoms with Gasteiger partial charge in [0.05, 0.1) is 0 Å². The molecule has 1 saturated carbocycles. The van der Waals surface area contributed by atoms with E-state index in [4.69, 9.17) is 16.3 Å². The van der Waals surface area contributed by atoms with Gasteiger partial charge >= 0.3 is 0 Å². The molecule has 2 aromatic carbocycles. The summed E-state index contributed by atoms with van der Waals surface area (Å²) in [5.41, 5.74) is 0. The maximum atomic E-state index is 12.7. The van der Waals surface area contributed by atoms with E-state index in [-0.39, 0.29) is 18.6 Å². The lowest BCUT2D eigenvalue weighted by molar-refractivity contribution is -0.136. The third-order valence-electron chi connectivity index (χ3n) is 5.43. The lowest BCUT2D eigenvalue weighted by atomic mass is 9.88. The Labute approximate surface area is 160 Å². The second-order valence-corrected chi connectivity index (χ2v) is 7.67. The van der Waals surface area contributed by atoms with Gasteiger partial charge in [0.25, 0.3) is 5.91 Å². The average molecular weight is 375 g/mol. The van der Waals surface area contributed by atoms with Crippen molar-refractivity contribution in [1.29, 1.82) is 0 Å². The van der Waals surface area contributed by atoms with E-state index in [1.54, 1.807) is 0 Å². The lowest BCUT2D eigenvalue weighted by Crippen LogP contribution is -2.52. The van der Waals surface area contributed by atoms with Crippen LogP contribution in [0.15, 0.2) is 36.4 Å². The monoisotopic (exact) mass is 374 g/mol. The molecule has 0 saturated heterocycles. The van der Waals surface area contributed by atoms with E-state index < -0.39 is 0 Å². The second-order valence-electron chi connectivity index (χ2n) is 7.27. The number of carbonyl (C=O) groups is 1. The molecule has 1 aliphatic carbocycles. The Balaban J connectivity index is 1.70. The maximum absolute atomic E-state index is 12.7. The van der Waals surface area contributed by atoms with E-state index in [0.717, 1.165) is 23.6 Å². The van der Waals surface area contributed by atoms with Crippen LogP contribution in [0.25, 0.3) is 10.8 Å². The van der Waals surface area contributed by atoms with Gasteiger partial charge in [0, 0.05) is 34.9 Å². The van der Waals surface area contributed by atoms with Crippen LogP contribution in [0.2, 0.25) is 5.02 Å². The van der Waals surface area contributed by atoms with Gasteiger partial charge in [0.2, 0.25) is 0 Å². The predicted octanol–water partition coefficient (Wildman–Crippen LogP) is 4.20. The molecule has 0 aliphatic heterocycles. The summed E-state index contributed by atoms with van der Waals surface area (Å²) in [7, 11) is 6.09. The summed E-state index contributed by atoms with van der Waals surface area (Å²) in [6.07, 6.45) is 4.59. The highest BCUT2D eigenvalue weighted by atomic mass is 35.5. The van der Waals surface area contributed by atoms with E-state index >= 15 is 0 Å². The molecule has 140 valence electrons. The minimum absolute atomic E-state index is 0.0165. The normalized spacial score (nSPS) is 20.3. The summed E-state index contributed by atoms with van der Waals surface area (Å²) in [6, 6.07) is 12.1. The Kier molecular flexibility index (Phi) is 6.05. The van der Waals surface area contributed by atoms with Gasteiger partial charge in [-0.3, -0.25) is 4.79 Å². The molecule has 0 heterocycles. The highest BCUT2D eigenvalue weighted by Crippen LogP contribution is 2.31. The Morgan fingerprint density at radius 2 is 1.69 bits per heavy atom. The molecule has 0 bridgehead atoms. The van der Waals surface area contributed by atoms with Gasteiger partial charge in [0.15, 0.2) is 6.61 Å². The first kappa shape index (κ1) is 19.0. The van der Waals surface area contributed by atoms with E-state index in [0.29, 0.717) is 16.8 Å². The van der Waals surface area contributed by atoms with Crippen LogP contribution < -0.4 is 4.74 Å². The molecule has 1 fully saturated rings. The molecular weight excluding hydrogens is 348 g/mol. The predicted molar refractivity (Wildman–Crippen MR) is 107 cm³/mol. The van der Waals surface area contributed by atoms with E-state index in [2.05, 4.69) is 19.0 Å². The van der Waals surface area contributed by atoms with Gasteiger partial charge in [-0.2, -0.15) is 0 Å². The van der Waals surface area contributed by atoms with Crippen molar-refractivity contribution in [3.63, 3.8) is 0 Å². The Hall–Kier alpha value is -1.78. The first-order chi connectivity index (χ1) is 12.5. The zero-order chi connectivity index (χ0) is 18.7. The van der Waals surface area contributed by atoms with Crippen LogP contribution in [0.4, 0.5) is 0 Å². The Morgan fingerprint density at radius 3 is 2.38 bits per heavy atom. The molecule has 5 heteroatoms. The van der Waals surface area contributed by atoms with Gasteiger partial charge in [-0.1, -0.05) is 48.7 Å². The summed E-state index contributed by atoms with van der Waals surface area (Å²) in [6.45, 7) is 0.0405. The van der Waals surface area contributed by atoms with Gasteiger partial charge in [-0.25, -0.2) is 0 Å². The molecule has 2 unspecified atom stereocenters. The highest BCUT2D eigenvalue weighted by Gasteiger charge is 2.32. The topological polar surface area (TPSA) is 32.8 Å². The number of benzene rings is 2. The number of likely N-dealkylation sites (N-methyl/N-ethyl adjacent to an activating group) is 2. The average Bonchev–Trinajstić information content (AvgIpc) is 2.67. The van der Waals surface area contributed by atoms with Crippen LogP contribution in [0.1, 0.15) is 25.7 Å². The molecule has 0 radical (unpaired) electrons. The van der Waals surface area contributed by atoms with Crippen molar-refractivity contribution in [2.45, 2.75) is 37.8 Å². The summed E-state index contributed by atoms with van der Waals surface area (Å²) in [5.74, 6) is 0.710. The molecule has 26 heavy (non-hydrogen) atoms. The van der Waals surface area contributed by atoms with Crippen molar-refractivity contribution in [3.05, 3.63) is 41.4 Å². The standard InChI is InChI=1S/C21H27ClN2O2/c1-23(2)18-10-6-7-11-19(18)24(3)21(25)14-26-20-13-12-17(22)15-8-4-5-9-16(15)20/h4-5,8-9,12-13,18-19H,6-7,10-11,14H2,1-3H3. The fourth-order valence-corrected chi connectivity index (χ4v) is 4.16. The largest absolute Gasteiger partial charge is 0.483 e. The van der Waals surface area contributed by atoms with Crippen molar-refractivity contribution in [1.82, 2.24) is 9.80 Å². The van der Waals surface area contributed by atoms with Gasteiger partial charge < -0.3 is 14.5 Å². The maximum Gasteiger partial charge on any atom is 0.260 e. The number of carbonyl (C=O) groups excluding carboxylic acids is 1. The molecule has 3 rings (SSSR count). The third-order valence-corrected chi connectivity index (χ3v) is 5.76. The van der Waals surface area contributed by atoms with E-state index in [1.807, 2.05) is 48.3 Å². The number of nitrogens with zero attached hydrogens (tertiary/aromatic N) is 2. The summed E-state index contributed by atoms with van der Waals surface area (Å²) in [4.78, 5) is 16.9. The molecule has 0 aromatic heterocycles. The number of halogens is 1. The van der Waals surface area contributed by atoms with Gasteiger partial charge in [-0.15, -0.1) is 0 Å². The Bertz CT molecular complexity index is 778. The zero-order valence-corrected chi connectivity index (χ0v) is 16.5. The third kappa shape index (κ3) is 3.97. The Morgan fingerprint density at radius 1 is 1.04 bits per heavy atom. The van der Waals surface area contributed by atoms with Crippen LogP contribution >= 0.6 is 11.6 Å². The molecule has 1 aliphatic rings. The van der Waals surface area contributed by atoms with Crippen LogP contribution in [-0.4, -0.2) is 55.5 Å². The van der Waals surface area contributed by atoms with Crippen LogP contribution in [0.3, 0.4) is 0 Å². The number of hydrogen-bond donors (Lipinski definition) is 0. The number of rotatable bonds is 5. The number of ether oxygens (including phenoxy) is 1. The SMILES string of the molecule is CN(C)C1CCCCC1N(C)C(=O)COc1ccc(Cl)c2ccccc12. The molecule has 1 amide bonds. The van der Waals surface area contributed by atoms with E-state index in [1.165, 1.54) is 12.8 Å². The smallest absolute Gasteiger partial charge is 0.260 e. The lowest BCUT2D eigenvalue weighted by Gasteiger charge is -2.41. The first-order valence-electron chi connectivity index (χ1n) is 9.21. The number of hydrogen-bond acceptors (Lipinski definition) is 3. The summed E-state index contributed by atoms with van der Waals surface area (Å²) >= 11 is 6.25. The molecule has 4 nitrogen and oxygen atoms in total. The quantitative estimate of drug-likeness (QED) is 0.786. The van der Waals surface area contributed by atoms with E-state index in [9.17, 15) is 4.79 Å². The van der Waals surface area contributed by atoms with Crippen LogP contribution in [0, 0.1) is 0 Å². The minimum atomic E-state index is 0.0165. The second kappa shape index (κ2) is 8.28. The first-order valence-corrected chi connectivity index (χ1v) is 9.59. The van der Waals surface area contributed by atoms with Crippen molar-refractivity contribution in [3.8, 4) is 5.75 Å². The fourth-order valence-electron chi connectivity index (χ4n) is 3.93. The summed E-state index contributed by atoms with van der Waals surface area (Å²) < 4.78 is 5.88. The molecule has 2 aromatic rings. The molecule has 0 spiro atoms. The number of fused-ring (bicyclic) bond motifs is 1. The van der Waals surface area contributed by atoms with Crippen LogP contribution in [-0.2, 0) is 4.79 Å². The van der Waals surface area contributed by atoms with Crippen molar-refractivity contribution in [2.75, 3.05) is 27.7 Å². The minimum Gasteiger partial charge on any atom is -0.483 e. The van der Waals surface area contributed by atoms with Crippen molar-refractivity contribution < 1.29 is 9.53 Å². The van der Waals surface area contributed by atoms with Crippen LogP contribution in [0.5, 0.6) is 5.75 Å². The molecule has 2 atom stereocenters. The fraction of sp³-hybridized carbons (Fsp3) is 0.476.